The Balaban J connectivity index is 1.47. The van der Waals surface area contributed by atoms with Crippen molar-refractivity contribution in [2.75, 3.05) is 5.32 Å². The highest BCUT2D eigenvalue weighted by Crippen LogP contribution is 2.34. The Bertz CT molecular complexity index is 1510. The minimum absolute atomic E-state index is 0.0334. The fourth-order valence-corrected chi connectivity index (χ4v) is 4.69. The van der Waals surface area contributed by atoms with Crippen LogP contribution in [0.1, 0.15) is 62.4 Å². The van der Waals surface area contributed by atoms with Gasteiger partial charge in [-0.3, -0.25) is 9.59 Å². The van der Waals surface area contributed by atoms with E-state index >= 15 is 0 Å². The fourth-order valence-electron chi connectivity index (χ4n) is 4.69. The molecule has 3 amide bonds. The number of carbonyl (C=O) groups is 3. The molecule has 7 N–H and O–H groups in total. The van der Waals surface area contributed by atoms with Gasteiger partial charge < -0.3 is 41.5 Å². The average molecular weight is 604 g/mol. The van der Waals surface area contributed by atoms with Crippen LogP contribution in [0, 0.1) is 5.92 Å². The summed E-state index contributed by atoms with van der Waals surface area (Å²) in [7, 11) is 0. The highest BCUT2D eigenvalue weighted by Gasteiger charge is 2.28. The summed E-state index contributed by atoms with van der Waals surface area (Å²) in [4.78, 5) is 36.8. The van der Waals surface area contributed by atoms with Gasteiger partial charge in [0.1, 0.15) is 28.6 Å². The van der Waals surface area contributed by atoms with E-state index < -0.39 is 17.6 Å². The Morgan fingerprint density at radius 1 is 0.795 bits per heavy atom. The van der Waals surface area contributed by atoms with Crippen molar-refractivity contribution in [1.82, 2.24) is 5.32 Å². The standard InChI is InChI=1S/C32H37N5O7/c1-32(2,3)44-31(40)36-22-10-4-21(5-11-22)30(39)35-23-16-26(42-24-12-6-19(7-13-24)28(33)37-41)18-27(17-23)43-25-14-8-20(9-15-25)29(34)38/h6-9,12-18,21-22,41H,4-5,10-11H2,1-3H3,(H2,33,37)(H2,34,38)(H,35,39)(H,36,40). The number of primary amides is 1. The van der Waals surface area contributed by atoms with Gasteiger partial charge in [-0.2, -0.15) is 0 Å². The number of hydrogen-bond donors (Lipinski definition) is 5. The zero-order valence-corrected chi connectivity index (χ0v) is 24.8. The molecule has 3 aromatic carbocycles. The second-order valence-corrected chi connectivity index (χ2v) is 11.5. The lowest BCUT2D eigenvalue weighted by Gasteiger charge is -2.29. The predicted molar refractivity (Wildman–Crippen MR) is 164 cm³/mol. The van der Waals surface area contributed by atoms with Crippen LogP contribution in [0.2, 0.25) is 0 Å². The van der Waals surface area contributed by atoms with Crippen LogP contribution in [0.5, 0.6) is 23.0 Å². The number of benzene rings is 3. The summed E-state index contributed by atoms with van der Waals surface area (Å²) in [5.41, 5.74) is 11.7. The highest BCUT2D eigenvalue weighted by molar-refractivity contribution is 5.97. The number of carbonyl (C=O) groups excluding carboxylic acids is 3. The van der Waals surface area contributed by atoms with E-state index in [-0.39, 0.29) is 23.7 Å². The molecule has 0 bridgehead atoms. The van der Waals surface area contributed by atoms with Crippen molar-refractivity contribution in [3.63, 3.8) is 0 Å². The molecule has 0 aromatic heterocycles. The zero-order chi connectivity index (χ0) is 31.9. The molecular weight excluding hydrogens is 566 g/mol. The normalized spacial score (nSPS) is 16.8. The van der Waals surface area contributed by atoms with Gasteiger partial charge in [-0.1, -0.05) is 5.16 Å². The first-order chi connectivity index (χ1) is 20.9. The van der Waals surface area contributed by atoms with E-state index in [0.717, 1.165) is 0 Å². The molecule has 44 heavy (non-hydrogen) atoms. The van der Waals surface area contributed by atoms with Gasteiger partial charge in [0.2, 0.25) is 11.8 Å². The molecule has 0 unspecified atom stereocenters. The number of ether oxygens (including phenoxy) is 3. The molecule has 0 atom stereocenters. The maximum Gasteiger partial charge on any atom is 0.407 e. The first-order valence-corrected chi connectivity index (χ1v) is 14.2. The Morgan fingerprint density at radius 2 is 1.32 bits per heavy atom. The first-order valence-electron chi connectivity index (χ1n) is 14.2. The molecule has 0 spiro atoms. The number of amidine groups is 1. The molecule has 0 saturated heterocycles. The molecule has 1 aliphatic rings. The molecule has 1 saturated carbocycles. The third-order valence-corrected chi connectivity index (χ3v) is 6.83. The number of nitrogens with one attached hydrogen (secondary N) is 2. The molecule has 0 radical (unpaired) electrons. The Kier molecular flexibility index (Phi) is 9.94. The van der Waals surface area contributed by atoms with Gasteiger partial charge in [-0.15, -0.1) is 0 Å². The summed E-state index contributed by atoms with van der Waals surface area (Å²) in [6.45, 7) is 5.43. The summed E-state index contributed by atoms with van der Waals surface area (Å²) in [6.07, 6.45) is 2.05. The molecular formula is C32H37N5O7. The maximum atomic E-state index is 13.3. The van der Waals surface area contributed by atoms with Crippen molar-refractivity contribution >= 4 is 29.4 Å². The number of oxime groups is 1. The maximum absolute atomic E-state index is 13.3. The van der Waals surface area contributed by atoms with E-state index in [9.17, 15) is 14.4 Å². The predicted octanol–water partition coefficient (Wildman–Crippen LogP) is 5.49. The van der Waals surface area contributed by atoms with E-state index in [1.54, 1.807) is 66.7 Å². The molecule has 0 aliphatic heterocycles. The van der Waals surface area contributed by atoms with Crippen LogP contribution in [0.4, 0.5) is 10.5 Å². The van der Waals surface area contributed by atoms with E-state index in [2.05, 4.69) is 15.8 Å². The SMILES string of the molecule is CC(C)(C)OC(=O)NC1CCC(C(=O)Nc2cc(Oc3ccc(C(N)=O)cc3)cc(Oc3ccc(C(N)=NO)cc3)c2)CC1. The molecule has 12 nitrogen and oxygen atoms in total. The van der Waals surface area contributed by atoms with Gasteiger partial charge in [0, 0.05) is 47.0 Å². The smallest absolute Gasteiger partial charge is 0.407 e. The van der Waals surface area contributed by atoms with Crippen molar-refractivity contribution < 1.29 is 33.8 Å². The van der Waals surface area contributed by atoms with Crippen molar-refractivity contribution in [3.8, 4) is 23.0 Å². The Morgan fingerprint density at radius 3 is 1.80 bits per heavy atom. The largest absolute Gasteiger partial charge is 0.457 e. The van der Waals surface area contributed by atoms with Crippen molar-refractivity contribution in [2.45, 2.75) is 58.1 Å². The van der Waals surface area contributed by atoms with Crippen LogP contribution in [0.25, 0.3) is 0 Å². The van der Waals surface area contributed by atoms with Crippen LogP contribution in [0.15, 0.2) is 71.9 Å². The third-order valence-electron chi connectivity index (χ3n) is 6.83. The minimum Gasteiger partial charge on any atom is -0.457 e. The van der Waals surface area contributed by atoms with E-state index in [1.807, 2.05) is 20.8 Å². The molecule has 232 valence electrons. The first kappa shape index (κ1) is 31.7. The van der Waals surface area contributed by atoms with E-state index in [1.165, 1.54) is 0 Å². The topological polar surface area (TPSA) is 188 Å². The summed E-state index contributed by atoms with van der Waals surface area (Å²) in [5.74, 6) is 0.694. The van der Waals surface area contributed by atoms with Crippen LogP contribution in [-0.4, -0.2) is 40.6 Å². The van der Waals surface area contributed by atoms with Gasteiger partial charge in [0.15, 0.2) is 5.84 Å². The fraction of sp³-hybridized carbons (Fsp3) is 0.312. The van der Waals surface area contributed by atoms with Gasteiger partial charge in [-0.25, -0.2) is 4.79 Å². The Hall–Kier alpha value is -5.26. The van der Waals surface area contributed by atoms with Crippen molar-refractivity contribution in [2.24, 2.45) is 22.5 Å². The number of alkyl carbamates (subject to hydrolysis) is 1. The minimum atomic E-state index is -0.582. The highest BCUT2D eigenvalue weighted by atomic mass is 16.6. The van der Waals surface area contributed by atoms with Crippen molar-refractivity contribution in [3.05, 3.63) is 77.9 Å². The lowest BCUT2D eigenvalue weighted by atomic mass is 9.85. The number of amides is 3. The molecule has 1 aliphatic carbocycles. The van der Waals surface area contributed by atoms with E-state index in [4.69, 9.17) is 30.9 Å². The van der Waals surface area contributed by atoms with Crippen LogP contribution in [-0.2, 0) is 9.53 Å². The van der Waals surface area contributed by atoms with Crippen LogP contribution >= 0.6 is 0 Å². The molecule has 3 aromatic rings. The molecule has 4 rings (SSSR count). The number of rotatable bonds is 9. The molecule has 1 fully saturated rings. The Labute approximate surface area is 255 Å². The zero-order valence-electron chi connectivity index (χ0n) is 24.8. The lowest BCUT2D eigenvalue weighted by molar-refractivity contribution is -0.120. The van der Waals surface area contributed by atoms with Gasteiger partial charge in [0.25, 0.3) is 0 Å². The lowest BCUT2D eigenvalue weighted by Crippen LogP contribution is -2.42. The van der Waals surface area contributed by atoms with Gasteiger partial charge in [0.05, 0.1) is 0 Å². The summed E-state index contributed by atoms with van der Waals surface area (Å²) < 4.78 is 17.4. The van der Waals surface area contributed by atoms with Crippen LogP contribution in [0.3, 0.4) is 0 Å². The van der Waals surface area contributed by atoms with Gasteiger partial charge >= 0.3 is 6.09 Å². The molecule has 12 heteroatoms. The third kappa shape index (κ3) is 9.12. The molecule has 0 heterocycles. The quantitative estimate of drug-likeness (QED) is 0.0919. The number of nitrogens with zero attached hydrogens (tertiary/aromatic N) is 1. The average Bonchev–Trinajstić information content (AvgIpc) is 2.96. The van der Waals surface area contributed by atoms with E-state index in [0.29, 0.717) is 65.5 Å². The summed E-state index contributed by atoms with van der Waals surface area (Å²) in [6, 6.07) is 17.9. The second kappa shape index (κ2) is 13.8. The summed E-state index contributed by atoms with van der Waals surface area (Å²) >= 11 is 0. The van der Waals surface area contributed by atoms with Crippen molar-refractivity contribution in [1.29, 1.82) is 0 Å². The summed E-state index contributed by atoms with van der Waals surface area (Å²) in [5, 5.41) is 17.8. The number of anilines is 1. The second-order valence-electron chi connectivity index (χ2n) is 11.5. The number of hydrogen-bond acceptors (Lipinski definition) is 8. The monoisotopic (exact) mass is 603 g/mol. The van der Waals surface area contributed by atoms with Crippen LogP contribution < -0.4 is 31.6 Å². The number of nitrogens with two attached hydrogens (primary N) is 2. The van der Waals surface area contributed by atoms with Gasteiger partial charge in [-0.05, 0) is 95.0 Å².